The maximum atomic E-state index is 2.55. The summed E-state index contributed by atoms with van der Waals surface area (Å²) < 4.78 is 0. The molecular formula is C34H50. The molecule has 2 aromatic carbocycles. The summed E-state index contributed by atoms with van der Waals surface area (Å²) in [5.74, 6) is 4.89. The van der Waals surface area contributed by atoms with E-state index in [9.17, 15) is 0 Å². The molecule has 0 heteroatoms. The van der Waals surface area contributed by atoms with Crippen LogP contribution >= 0.6 is 0 Å². The molecule has 0 heterocycles. The van der Waals surface area contributed by atoms with Gasteiger partial charge in [-0.15, -0.1) is 0 Å². The van der Waals surface area contributed by atoms with Crippen LogP contribution in [-0.4, -0.2) is 0 Å². The van der Waals surface area contributed by atoms with Crippen LogP contribution in [0.3, 0.4) is 0 Å². The second kappa shape index (κ2) is 11.2. The SMILES string of the molecule is Cc1c(CC2CCC(CC3CCC(C)CC3)CC2)cc2ccc(CC3CCCCC3)cc2c1C. The van der Waals surface area contributed by atoms with E-state index >= 15 is 0 Å². The maximum Gasteiger partial charge on any atom is -0.0149 e. The predicted octanol–water partition coefficient (Wildman–Crippen LogP) is 10.1. The van der Waals surface area contributed by atoms with Crippen molar-refractivity contribution in [1.82, 2.24) is 0 Å². The molecule has 186 valence electrons. The van der Waals surface area contributed by atoms with Gasteiger partial charge in [-0.1, -0.05) is 102 Å². The Bertz CT molecular complexity index is 930. The van der Waals surface area contributed by atoms with Crippen LogP contribution in [0.15, 0.2) is 24.3 Å². The zero-order chi connectivity index (χ0) is 23.5. The molecule has 0 spiro atoms. The minimum Gasteiger partial charge on any atom is -0.0625 e. The molecule has 0 amide bonds. The van der Waals surface area contributed by atoms with Gasteiger partial charge in [0.15, 0.2) is 0 Å². The molecule has 0 radical (unpaired) electrons. The number of hydrogen-bond acceptors (Lipinski definition) is 0. The molecule has 5 rings (SSSR count). The average Bonchev–Trinajstić information content (AvgIpc) is 2.86. The molecular weight excluding hydrogens is 408 g/mol. The van der Waals surface area contributed by atoms with Crippen molar-refractivity contribution >= 4 is 10.8 Å². The van der Waals surface area contributed by atoms with Gasteiger partial charge in [0, 0.05) is 0 Å². The summed E-state index contributed by atoms with van der Waals surface area (Å²) in [4.78, 5) is 0. The molecule has 3 aliphatic carbocycles. The van der Waals surface area contributed by atoms with E-state index in [1.807, 2.05) is 0 Å². The Morgan fingerprint density at radius 2 is 1.24 bits per heavy atom. The number of fused-ring (bicyclic) bond motifs is 1. The lowest BCUT2D eigenvalue weighted by atomic mass is 9.72. The third-order valence-electron chi connectivity index (χ3n) is 10.4. The zero-order valence-corrected chi connectivity index (χ0v) is 22.5. The van der Waals surface area contributed by atoms with E-state index in [4.69, 9.17) is 0 Å². The molecule has 0 atom stereocenters. The van der Waals surface area contributed by atoms with Crippen LogP contribution in [0.2, 0.25) is 0 Å². The standard InChI is InChI=1S/C34H50/c1-24-9-11-28(12-10-24)19-29-13-15-30(16-14-29)21-33-23-32-18-17-31(20-27-7-5-4-6-8-27)22-34(32)26(3)25(33)2/h17-18,22-24,27-30H,4-16,19-21H2,1-3H3. The first-order chi connectivity index (χ1) is 16.5. The Balaban J connectivity index is 1.19. The van der Waals surface area contributed by atoms with E-state index in [1.54, 1.807) is 22.3 Å². The van der Waals surface area contributed by atoms with Crippen LogP contribution < -0.4 is 0 Å². The van der Waals surface area contributed by atoms with Gasteiger partial charge in [0.2, 0.25) is 0 Å². The smallest absolute Gasteiger partial charge is 0.0149 e. The Kier molecular flexibility index (Phi) is 8.02. The molecule has 2 aromatic rings. The molecule has 0 unspecified atom stereocenters. The van der Waals surface area contributed by atoms with Crippen molar-refractivity contribution in [3.8, 4) is 0 Å². The lowest BCUT2D eigenvalue weighted by molar-refractivity contribution is 0.195. The molecule has 0 saturated heterocycles. The highest BCUT2D eigenvalue weighted by Crippen LogP contribution is 2.40. The molecule has 0 aliphatic heterocycles. The van der Waals surface area contributed by atoms with Crippen molar-refractivity contribution in [2.24, 2.45) is 29.6 Å². The van der Waals surface area contributed by atoms with Crippen LogP contribution in [0, 0.1) is 43.4 Å². The van der Waals surface area contributed by atoms with Crippen LogP contribution in [-0.2, 0) is 12.8 Å². The number of benzene rings is 2. The molecule has 3 saturated carbocycles. The number of rotatable bonds is 6. The van der Waals surface area contributed by atoms with E-state index in [0.29, 0.717) is 0 Å². The monoisotopic (exact) mass is 458 g/mol. The summed E-state index contributed by atoms with van der Waals surface area (Å²) >= 11 is 0. The van der Waals surface area contributed by atoms with Gasteiger partial charge in [-0.25, -0.2) is 0 Å². The normalized spacial score (nSPS) is 28.9. The topological polar surface area (TPSA) is 0 Å². The molecule has 0 nitrogen and oxygen atoms in total. The first-order valence-corrected chi connectivity index (χ1v) is 15.1. The first-order valence-electron chi connectivity index (χ1n) is 15.1. The largest absolute Gasteiger partial charge is 0.0625 e. The predicted molar refractivity (Wildman–Crippen MR) is 149 cm³/mol. The van der Waals surface area contributed by atoms with Crippen molar-refractivity contribution in [2.75, 3.05) is 0 Å². The van der Waals surface area contributed by atoms with Crippen molar-refractivity contribution in [3.63, 3.8) is 0 Å². The van der Waals surface area contributed by atoms with Gasteiger partial charge in [-0.05, 0) is 109 Å². The molecule has 34 heavy (non-hydrogen) atoms. The highest BCUT2D eigenvalue weighted by atomic mass is 14.3. The molecule has 3 aliphatic rings. The van der Waals surface area contributed by atoms with E-state index in [2.05, 4.69) is 45.0 Å². The minimum absolute atomic E-state index is 0.906. The summed E-state index contributed by atoms with van der Waals surface area (Å²) in [6.45, 7) is 7.23. The average molecular weight is 459 g/mol. The number of aryl methyl sites for hydroxylation is 1. The Morgan fingerprint density at radius 1 is 0.618 bits per heavy atom. The highest BCUT2D eigenvalue weighted by Gasteiger charge is 2.26. The quantitative estimate of drug-likeness (QED) is 0.404. The maximum absolute atomic E-state index is 2.55. The van der Waals surface area contributed by atoms with Crippen LogP contribution in [0.5, 0.6) is 0 Å². The van der Waals surface area contributed by atoms with E-state index < -0.39 is 0 Å². The van der Waals surface area contributed by atoms with Gasteiger partial charge >= 0.3 is 0 Å². The Labute approximate surface area is 210 Å². The van der Waals surface area contributed by atoms with Gasteiger partial charge in [-0.3, -0.25) is 0 Å². The van der Waals surface area contributed by atoms with Gasteiger partial charge in [-0.2, -0.15) is 0 Å². The van der Waals surface area contributed by atoms with Crippen molar-refractivity contribution in [3.05, 3.63) is 46.5 Å². The van der Waals surface area contributed by atoms with Crippen LogP contribution in [0.1, 0.15) is 119 Å². The van der Waals surface area contributed by atoms with Crippen molar-refractivity contribution in [2.45, 2.75) is 124 Å². The fourth-order valence-corrected chi connectivity index (χ4v) is 7.87. The van der Waals surface area contributed by atoms with Gasteiger partial charge in [0.25, 0.3) is 0 Å². The summed E-state index contributed by atoms with van der Waals surface area (Å²) in [6.07, 6.45) is 23.3. The number of hydrogen-bond donors (Lipinski definition) is 0. The van der Waals surface area contributed by atoms with Crippen LogP contribution in [0.25, 0.3) is 10.8 Å². The molecule has 0 aromatic heterocycles. The minimum atomic E-state index is 0.906. The highest BCUT2D eigenvalue weighted by molar-refractivity contribution is 5.88. The molecule has 3 fully saturated rings. The fourth-order valence-electron chi connectivity index (χ4n) is 7.87. The zero-order valence-electron chi connectivity index (χ0n) is 22.5. The fraction of sp³-hybridized carbons (Fsp3) is 0.706. The Morgan fingerprint density at radius 3 is 1.94 bits per heavy atom. The summed E-state index contributed by atoms with van der Waals surface area (Å²) in [7, 11) is 0. The third kappa shape index (κ3) is 5.91. The van der Waals surface area contributed by atoms with Gasteiger partial charge < -0.3 is 0 Å². The first kappa shape index (κ1) is 24.4. The summed E-state index contributed by atoms with van der Waals surface area (Å²) in [5.41, 5.74) is 6.31. The van der Waals surface area contributed by atoms with Crippen LogP contribution in [0.4, 0.5) is 0 Å². The van der Waals surface area contributed by atoms with Gasteiger partial charge in [0.1, 0.15) is 0 Å². The summed E-state index contributed by atoms with van der Waals surface area (Å²) in [5, 5.41) is 2.99. The van der Waals surface area contributed by atoms with E-state index in [1.165, 1.54) is 114 Å². The van der Waals surface area contributed by atoms with Gasteiger partial charge in [0.05, 0.1) is 0 Å². The second-order valence-electron chi connectivity index (χ2n) is 13.0. The van der Waals surface area contributed by atoms with Crippen molar-refractivity contribution < 1.29 is 0 Å². The lowest BCUT2D eigenvalue weighted by Crippen LogP contribution is -2.21. The molecule has 0 bridgehead atoms. The molecule has 0 N–H and O–H groups in total. The third-order valence-corrected chi connectivity index (χ3v) is 10.4. The summed E-state index contributed by atoms with van der Waals surface area (Å²) in [6, 6.07) is 9.96. The van der Waals surface area contributed by atoms with Crippen molar-refractivity contribution in [1.29, 1.82) is 0 Å². The second-order valence-corrected chi connectivity index (χ2v) is 13.0. The van der Waals surface area contributed by atoms with E-state index in [0.717, 1.165) is 29.6 Å². The lowest BCUT2D eigenvalue weighted by Gasteiger charge is -2.33. The Hall–Kier alpha value is -1.30. The van der Waals surface area contributed by atoms with E-state index in [-0.39, 0.29) is 0 Å².